The summed E-state index contributed by atoms with van der Waals surface area (Å²) in [6.45, 7) is 2.49. The highest BCUT2D eigenvalue weighted by Gasteiger charge is 2.43. The van der Waals surface area contributed by atoms with E-state index in [9.17, 15) is 14.4 Å². The van der Waals surface area contributed by atoms with Crippen LogP contribution in [0, 0.1) is 12.8 Å². The molecule has 0 saturated heterocycles. The molecule has 4 rings (SSSR count). The zero-order chi connectivity index (χ0) is 27.6. The van der Waals surface area contributed by atoms with E-state index in [1.54, 1.807) is 13.2 Å². The SMILES string of the molecule is CNCc1ccc(-c2cccc(-c3cccc(NC(=O)C4C=[N+](C)C(=O)N(C)C4=O)c3C)c2Cl)nc1OC. The molecule has 1 aliphatic rings. The minimum Gasteiger partial charge on any atom is -0.481 e. The topological polar surface area (TPSA) is 104 Å². The fourth-order valence-electron chi connectivity index (χ4n) is 4.40. The highest BCUT2D eigenvalue weighted by Crippen LogP contribution is 2.39. The van der Waals surface area contributed by atoms with Crippen LogP contribution in [-0.4, -0.2) is 66.8 Å². The average Bonchev–Trinajstić information content (AvgIpc) is 2.91. The van der Waals surface area contributed by atoms with Crippen LogP contribution in [0.4, 0.5) is 10.5 Å². The monoisotopic (exact) mass is 534 g/mol. The number of rotatable bonds is 7. The molecular formula is C28H29ClN5O4+. The summed E-state index contributed by atoms with van der Waals surface area (Å²) in [6.07, 6.45) is 1.32. The number of hydrogen-bond acceptors (Lipinski definition) is 6. The van der Waals surface area contributed by atoms with E-state index >= 15 is 0 Å². The number of benzene rings is 2. The van der Waals surface area contributed by atoms with Gasteiger partial charge >= 0.3 is 11.9 Å². The lowest BCUT2D eigenvalue weighted by molar-refractivity contribution is -0.400. The van der Waals surface area contributed by atoms with Crippen LogP contribution >= 0.6 is 11.6 Å². The second-order valence-electron chi connectivity index (χ2n) is 8.95. The Morgan fingerprint density at radius 1 is 1.11 bits per heavy atom. The third-order valence-corrected chi connectivity index (χ3v) is 6.90. The summed E-state index contributed by atoms with van der Waals surface area (Å²) < 4.78 is 6.71. The molecule has 0 aliphatic carbocycles. The summed E-state index contributed by atoms with van der Waals surface area (Å²) >= 11 is 6.92. The molecule has 38 heavy (non-hydrogen) atoms. The normalized spacial score (nSPS) is 15.4. The highest BCUT2D eigenvalue weighted by atomic mass is 35.5. The predicted molar refractivity (Wildman–Crippen MR) is 147 cm³/mol. The molecule has 0 spiro atoms. The van der Waals surface area contributed by atoms with Crippen molar-refractivity contribution in [1.29, 1.82) is 0 Å². The van der Waals surface area contributed by atoms with Crippen LogP contribution in [-0.2, 0) is 16.1 Å². The molecule has 0 radical (unpaired) electrons. The number of methoxy groups -OCH3 is 1. The number of ether oxygens (including phenoxy) is 1. The molecule has 4 amide bonds. The predicted octanol–water partition coefficient (Wildman–Crippen LogP) is 3.97. The van der Waals surface area contributed by atoms with E-state index in [-0.39, 0.29) is 0 Å². The number of nitrogens with zero attached hydrogens (tertiary/aromatic N) is 3. The van der Waals surface area contributed by atoms with E-state index in [4.69, 9.17) is 16.3 Å². The summed E-state index contributed by atoms with van der Waals surface area (Å²) in [4.78, 5) is 43.2. The van der Waals surface area contributed by atoms with Crippen molar-refractivity contribution in [2.24, 2.45) is 5.92 Å². The van der Waals surface area contributed by atoms with Gasteiger partial charge < -0.3 is 15.4 Å². The number of carbonyl (C=O) groups excluding carboxylic acids is 3. The van der Waals surface area contributed by atoms with Gasteiger partial charge in [-0.3, -0.25) is 4.79 Å². The largest absolute Gasteiger partial charge is 0.499 e. The van der Waals surface area contributed by atoms with Crippen LogP contribution in [0.3, 0.4) is 0 Å². The first-order valence-electron chi connectivity index (χ1n) is 12.0. The third kappa shape index (κ3) is 5.03. The first-order valence-corrected chi connectivity index (χ1v) is 12.3. The summed E-state index contributed by atoms with van der Waals surface area (Å²) in [7, 11) is 6.30. The molecule has 0 fully saturated rings. The number of hydrogen-bond donors (Lipinski definition) is 2. The fourth-order valence-corrected chi connectivity index (χ4v) is 4.73. The van der Waals surface area contributed by atoms with Gasteiger partial charge in [-0.25, -0.2) is 14.4 Å². The van der Waals surface area contributed by atoms with Gasteiger partial charge in [-0.15, -0.1) is 0 Å². The van der Waals surface area contributed by atoms with Gasteiger partial charge in [0.2, 0.25) is 11.8 Å². The Labute approximate surface area is 226 Å². The maximum atomic E-state index is 13.0. The van der Waals surface area contributed by atoms with Gasteiger partial charge in [-0.1, -0.05) is 48.0 Å². The zero-order valence-electron chi connectivity index (χ0n) is 21.8. The summed E-state index contributed by atoms with van der Waals surface area (Å²) in [5.41, 5.74) is 5.24. The van der Waals surface area contributed by atoms with E-state index in [2.05, 4.69) is 15.6 Å². The average molecular weight is 535 g/mol. The van der Waals surface area contributed by atoms with Crippen molar-refractivity contribution in [3.05, 3.63) is 64.7 Å². The van der Waals surface area contributed by atoms with E-state index in [0.717, 1.165) is 32.7 Å². The molecule has 9 nitrogen and oxygen atoms in total. The van der Waals surface area contributed by atoms with E-state index in [1.807, 2.05) is 56.4 Å². The standard InChI is InChI=1S/C28H28ClN5O4/c1-16-18(8-7-11-22(16)31-25(35)21-15-33(3)28(37)34(4)27(21)36)19-9-6-10-20(24(19)29)23-13-12-17(14-30-2)26(32-23)38-5/h6-13,15,21,30H,14H2,1-5H3/p+1. The number of urea groups is 1. The molecule has 2 heterocycles. The van der Waals surface area contributed by atoms with Crippen molar-refractivity contribution in [3.8, 4) is 28.3 Å². The fraction of sp³-hybridized carbons (Fsp3) is 0.250. The van der Waals surface area contributed by atoms with Gasteiger partial charge in [0.25, 0.3) is 0 Å². The minimum atomic E-state index is -1.12. The number of halogens is 1. The van der Waals surface area contributed by atoms with Crippen LogP contribution in [0.1, 0.15) is 11.1 Å². The van der Waals surface area contributed by atoms with Crippen molar-refractivity contribution in [1.82, 2.24) is 15.2 Å². The Bertz CT molecular complexity index is 1470. The van der Waals surface area contributed by atoms with Crippen molar-refractivity contribution >= 4 is 41.3 Å². The van der Waals surface area contributed by atoms with Gasteiger partial charge in [0.1, 0.15) is 0 Å². The molecule has 1 aliphatic heterocycles. The van der Waals surface area contributed by atoms with Crippen LogP contribution in [0.5, 0.6) is 5.88 Å². The zero-order valence-corrected chi connectivity index (χ0v) is 22.6. The highest BCUT2D eigenvalue weighted by molar-refractivity contribution is 6.36. The summed E-state index contributed by atoms with van der Waals surface area (Å²) in [6, 6.07) is 14.5. The van der Waals surface area contributed by atoms with Crippen molar-refractivity contribution in [3.63, 3.8) is 0 Å². The number of imide groups is 1. The Morgan fingerprint density at radius 3 is 2.50 bits per heavy atom. The smallest absolute Gasteiger partial charge is 0.481 e. The molecule has 2 aromatic carbocycles. The molecule has 1 unspecified atom stereocenters. The molecule has 0 saturated carbocycles. The molecular weight excluding hydrogens is 506 g/mol. The Hall–Kier alpha value is -4.08. The number of pyridine rings is 1. The van der Waals surface area contributed by atoms with Crippen LogP contribution in [0.15, 0.2) is 48.5 Å². The molecule has 0 bridgehead atoms. The van der Waals surface area contributed by atoms with E-state index < -0.39 is 23.8 Å². The maximum absolute atomic E-state index is 13.0. The lowest BCUT2D eigenvalue weighted by Crippen LogP contribution is -2.51. The first-order chi connectivity index (χ1) is 18.2. The van der Waals surface area contributed by atoms with Gasteiger partial charge in [0.05, 0.1) is 38.1 Å². The van der Waals surface area contributed by atoms with E-state index in [0.29, 0.717) is 28.8 Å². The van der Waals surface area contributed by atoms with Gasteiger partial charge in [0, 0.05) is 28.9 Å². The van der Waals surface area contributed by atoms with Crippen molar-refractivity contribution < 1.29 is 23.7 Å². The van der Waals surface area contributed by atoms with Crippen LogP contribution < -0.4 is 15.4 Å². The van der Waals surface area contributed by atoms with Crippen LogP contribution in [0.2, 0.25) is 5.02 Å². The number of amides is 4. The lowest BCUT2D eigenvalue weighted by Gasteiger charge is -2.20. The first kappa shape index (κ1) is 27.0. The molecule has 196 valence electrons. The summed E-state index contributed by atoms with van der Waals surface area (Å²) in [5.74, 6) is -1.71. The Morgan fingerprint density at radius 2 is 1.79 bits per heavy atom. The van der Waals surface area contributed by atoms with Gasteiger partial charge in [-0.05, 0) is 37.2 Å². The molecule has 10 heteroatoms. The quantitative estimate of drug-likeness (QED) is 0.351. The molecule has 3 aromatic rings. The lowest BCUT2D eigenvalue weighted by atomic mass is 9.96. The van der Waals surface area contributed by atoms with E-state index in [1.165, 1.54) is 24.9 Å². The van der Waals surface area contributed by atoms with Crippen molar-refractivity contribution in [2.75, 3.05) is 33.6 Å². The van der Waals surface area contributed by atoms with Gasteiger partial charge in [0.15, 0.2) is 5.92 Å². The third-order valence-electron chi connectivity index (χ3n) is 6.50. The number of carbonyl (C=O) groups is 3. The van der Waals surface area contributed by atoms with Gasteiger partial charge in [-0.2, -0.15) is 9.69 Å². The minimum absolute atomic E-state index is 0.490. The molecule has 2 N–H and O–H groups in total. The van der Waals surface area contributed by atoms with Crippen molar-refractivity contribution in [2.45, 2.75) is 13.5 Å². The summed E-state index contributed by atoms with van der Waals surface area (Å²) in [5, 5.41) is 6.45. The second-order valence-corrected chi connectivity index (χ2v) is 9.33. The Balaban J connectivity index is 1.68. The molecule has 1 aromatic heterocycles. The molecule has 1 atom stereocenters. The maximum Gasteiger partial charge on any atom is 0.499 e. The van der Waals surface area contributed by atoms with Crippen LogP contribution in [0.25, 0.3) is 22.4 Å². The Kier molecular flexibility index (Phi) is 7.89. The number of aromatic nitrogens is 1. The second kappa shape index (κ2) is 11.1. The number of nitrogens with one attached hydrogen (secondary N) is 2. The number of anilines is 1.